The van der Waals surface area contributed by atoms with Crippen LogP contribution >= 0.6 is 11.8 Å². The molecule has 0 aromatic heterocycles. The summed E-state index contributed by atoms with van der Waals surface area (Å²) in [7, 11) is 0. The molecule has 1 fully saturated rings. The van der Waals surface area contributed by atoms with Crippen LogP contribution in [0.1, 0.15) is 16.5 Å². The molecule has 0 bridgehead atoms. The number of hydrogen-bond donors (Lipinski definition) is 1. The lowest BCUT2D eigenvalue weighted by atomic mass is 10.1. The van der Waals surface area contributed by atoms with Gasteiger partial charge in [-0.05, 0) is 18.1 Å². The Kier molecular flexibility index (Phi) is 2.38. The molecule has 1 heterocycles. The highest BCUT2D eigenvalue weighted by Gasteiger charge is 2.17. The van der Waals surface area contributed by atoms with Gasteiger partial charge < -0.3 is 5.32 Å². The third-order valence-corrected chi connectivity index (χ3v) is 3.38. The average molecular weight is 179 g/mol. The van der Waals surface area contributed by atoms with Crippen molar-refractivity contribution in [3.05, 3.63) is 35.4 Å². The Balaban J connectivity index is 2.26. The van der Waals surface area contributed by atoms with E-state index in [1.807, 2.05) is 11.8 Å². The molecule has 2 rings (SSSR count). The molecule has 1 nitrogen and oxygen atoms in total. The van der Waals surface area contributed by atoms with Crippen LogP contribution in [0.25, 0.3) is 0 Å². The summed E-state index contributed by atoms with van der Waals surface area (Å²) in [4.78, 5) is 0. The zero-order chi connectivity index (χ0) is 8.39. The van der Waals surface area contributed by atoms with Crippen LogP contribution in [0.3, 0.4) is 0 Å². The van der Waals surface area contributed by atoms with Crippen LogP contribution in [0, 0.1) is 6.92 Å². The minimum absolute atomic E-state index is 0.534. The fourth-order valence-corrected chi connectivity index (χ4v) is 2.66. The van der Waals surface area contributed by atoms with Crippen molar-refractivity contribution in [3.8, 4) is 0 Å². The Morgan fingerprint density at radius 3 is 2.92 bits per heavy atom. The first-order valence-corrected chi connectivity index (χ1v) is 5.33. The Hall–Kier alpha value is -0.470. The third kappa shape index (κ3) is 1.50. The predicted octanol–water partition coefficient (Wildman–Crippen LogP) is 2.33. The summed E-state index contributed by atoms with van der Waals surface area (Å²) in [6.07, 6.45) is 0. The minimum atomic E-state index is 0.534. The fourth-order valence-electron chi connectivity index (χ4n) is 1.51. The second kappa shape index (κ2) is 3.50. The molecule has 12 heavy (non-hydrogen) atoms. The number of benzene rings is 1. The summed E-state index contributed by atoms with van der Waals surface area (Å²) in [6.45, 7) is 3.32. The van der Waals surface area contributed by atoms with Gasteiger partial charge in [0.15, 0.2) is 0 Å². The maximum atomic E-state index is 3.48. The van der Waals surface area contributed by atoms with Crippen molar-refractivity contribution in [3.63, 3.8) is 0 Å². The van der Waals surface area contributed by atoms with Gasteiger partial charge in [0.1, 0.15) is 0 Å². The average Bonchev–Trinajstić information content (AvgIpc) is 2.57. The Bertz CT molecular complexity index is 266. The Morgan fingerprint density at radius 2 is 2.25 bits per heavy atom. The summed E-state index contributed by atoms with van der Waals surface area (Å²) in [6, 6.07) is 8.60. The highest BCUT2D eigenvalue weighted by atomic mass is 32.2. The van der Waals surface area contributed by atoms with E-state index in [0.29, 0.717) is 5.37 Å². The van der Waals surface area contributed by atoms with Gasteiger partial charge in [0, 0.05) is 12.3 Å². The topological polar surface area (TPSA) is 12.0 Å². The van der Waals surface area contributed by atoms with Crippen LogP contribution in [0.5, 0.6) is 0 Å². The van der Waals surface area contributed by atoms with E-state index in [2.05, 4.69) is 36.5 Å². The lowest BCUT2D eigenvalue weighted by molar-refractivity contribution is 0.747. The second-order valence-electron chi connectivity index (χ2n) is 3.06. The molecular formula is C10H13NS. The van der Waals surface area contributed by atoms with E-state index in [1.54, 1.807) is 0 Å². The molecule has 1 aromatic carbocycles. The van der Waals surface area contributed by atoms with Crippen molar-refractivity contribution < 1.29 is 0 Å². The SMILES string of the molecule is Cc1ccccc1C1NCCS1. The van der Waals surface area contributed by atoms with E-state index in [1.165, 1.54) is 16.9 Å². The molecule has 1 N–H and O–H groups in total. The standard InChI is InChI=1S/C10H13NS/c1-8-4-2-3-5-9(8)10-11-6-7-12-10/h2-5,10-11H,6-7H2,1H3. The van der Waals surface area contributed by atoms with Gasteiger partial charge in [0.2, 0.25) is 0 Å². The number of hydrogen-bond acceptors (Lipinski definition) is 2. The Labute approximate surface area is 77.6 Å². The van der Waals surface area contributed by atoms with Crippen LogP contribution in [0.2, 0.25) is 0 Å². The number of nitrogens with one attached hydrogen (secondary N) is 1. The second-order valence-corrected chi connectivity index (χ2v) is 4.27. The zero-order valence-corrected chi connectivity index (χ0v) is 8.03. The van der Waals surface area contributed by atoms with Gasteiger partial charge in [-0.3, -0.25) is 0 Å². The van der Waals surface area contributed by atoms with Crippen LogP contribution in [0.4, 0.5) is 0 Å². The predicted molar refractivity (Wildman–Crippen MR) is 54.4 cm³/mol. The molecule has 1 aliphatic heterocycles. The number of thioether (sulfide) groups is 1. The molecule has 1 aliphatic rings. The van der Waals surface area contributed by atoms with Crippen molar-refractivity contribution in [2.45, 2.75) is 12.3 Å². The number of aryl methyl sites for hydroxylation is 1. The van der Waals surface area contributed by atoms with E-state index < -0.39 is 0 Å². The molecule has 2 heteroatoms. The lowest BCUT2D eigenvalue weighted by Gasteiger charge is -2.12. The molecule has 64 valence electrons. The summed E-state index contributed by atoms with van der Waals surface area (Å²) in [5.41, 5.74) is 2.84. The van der Waals surface area contributed by atoms with Crippen LogP contribution in [-0.4, -0.2) is 12.3 Å². The van der Waals surface area contributed by atoms with Gasteiger partial charge in [0.05, 0.1) is 5.37 Å². The van der Waals surface area contributed by atoms with Crippen molar-refractivity contribution in [1.82, 2.24) is 5.32 Å². The molecule has 1 saturated heterocycles. The fraction of sp³-hybridized carbons (Fsp3) is 0.400. The molecule has 0 amide bonds. The van der Waals surface area contributed by atoms with E-state index in [-0.39, 0.29) is 0 Å². The molecule has 1 aromatic rings. The normalized spacial score (nSPS) is 22.9. The van der Waals surface area contributed by atoms with Gasteiger partial charge in [-0.15, -0.1) is 11.8 Å². The summed E-state index contributed by atoms with van der Waals surface area (Å²) in [5, 5.41) is 4.01. The van der Waals surface area contributed by atoms with Crippen LogP contribution in [-0.2, 0) is 0 Å². The van der Waals surface area contributed by atoms with E-state index in [4.69, 9.17) is 0 Å². The summed E-state index contributed by atoms with van der Waals surface area (Å²) in [5.74, 6) is 1.24. The first-order valence-electron chi connectivity index (χ1n) is 4.28. The van der Waals surface area contributed by atoms with Crippen molar-refractivity contribution in [2.75, 3.05) is 12.3 Å². The largest absolute Gasteiger partial charge is 0.301 e. The maximum Gasteiger partial charge on any atom is 0.0792 e. The van der Waals surface area contributed by atoms with Crippen molar-refractivity contribution in [1.29, 1.82) is 0 Å². The molecular weight excluding hydrogens is 166 g/mol. The zero-order valence-electron chi connectivity index (χ0n) is 7.21. The van der Waals surface area contributed by atoms with Gasteiger partial charge in [-0.25, -0.2) is 0 Å². The smallest absolute Gasteiger partial charge is 0.0792 e. The molecule has 1 unspecified atom stereocenters. The molecule has 0 saturated carbocycles. The van der Waals surface area contributed by atoms with E-state index >= 15 is 0 Å². The quantitative estimate of drug-likeness (QED) is 0.710. The lowest BCUT2D eigenvalue weighted by Crippen LogP contribution is -2.12. The van der Waals surface area contributed by atoms with Crippen LogP contribution in [0.15, 0.2) is 24.3 Å². The summed E-state index contributed by atoms with van der Waals surface area (Å²) < 4.78 is 0. The minimum Gasteiger partial charge on any atom is -0.301 e. The van der Waals surface area contributed by atoms with Gasteiger partial charge >= 0.3 is 0 Å². The van der Waals surface area contributed by atoms with Gasteiger partial charge in [-0.2, -0.15) is 0 Å². The molecule has 0 spiro atoms. The molecule has 0 radical (unpaired) electrons. The van der Waals surface area contributed by atoms with Crippen LogP contribution < -0.4 is 5.32 Å². The van der Waals surface area contributed by atoms with E-state index in [0.717, 1.165) is 6.54 Å². The highest BCUT2D eigenvalue weighted by molar-refractivity contribution is 7.99. The van der Waals surface area contributed by atoms with Gasteiger partial charge in [0.25, 0.3) is 0 Å². The first kappa shape index (κ1) is 8.14. The van der Waals surface area contributed by atoms with E-state index in [9.17, 15) is 0 Å². The van der Waals surface area contributed by atoms with Gasteiger partial charge in [-0.1, -0.05) is 24.3 Å². The molecule has 1 atom stereocenters. The third-order valence-electron chi connectivity index (χ3n) is 2.19. The summed E-state index contributed by atoms with van der Waals surface area (Å²) >= 11 is 2.00. The Morgan fingerprint density at radius 1 is 1.42 bits per heavy atom. The number of rotatable bonds is 1. The molecule has 0 aliphatic carbocycles. The first-order chi connectivity index (χ1) is 5.88. The monoisotopic (exact) mass is 179 g/mol. The highest BCUT2D eigenvalue weighted by Crippen LogP contribution is 2.31. The van der Waals surface area contributed by atoms with Crippen molar-refractivity contribution in [2.24, 2.45) is 0 Å². The maximum absolute atomic E-state index is 3.48. The van der Waals surface area contributed by atoms with Crippen molar-refractivity contribution >= 4 is 11.8 Å².